The zero-order chi connectivity index (χ0) is 13.7. The van der Waals surface area contributed by atoms with E-state index in [1.54, 1.807) is 6.92 Å². The first kappa shape index (κ1) is 14.7. The normalized spacial score (nSPS) is 11.9. The fourth-order valence-corrected chi connectivity index (χ4v) is 1.61. The van der Waals surface area contributed by atoms with Gasteiger partial charge in [-0.3, -0.25) is 5.41 Å². The molecule has 0 aliphatic carbocycles. The summed E-state index contributed by atoms with van der Waals surface area (Å²) in [6.45, 7) is 2.05. The number of rotatable bonds is 6. The van der Waals surface area contributed by atoms with Crippen LogP contribution in [0.15, 0.2) is 6.20 Å². The zero-order valence-corrected chi connectivity index (χ0v) is 11.1. The Balaban J connectivity index is 2.71. The molecule has 1 heterocycles. The van der Waals surface area contributed by atoms with Gasteiger partial charge in [-0.2, -0.15) is 4.98 Å². The van der Waals surface area contributed by atoms with Crippen molar-refractivity contribution in [3.05, 3.63) is 16.5 Å². The predicted octanol–water partition coefficient (Wildman–Crippen LogP) is 2.33. The first-order valence-electron chi connectivity index (χ1n) is 5.19. The van der Waals surface area contributed by atoms with Gasteiger partial charge in [-0.1, -0.05) is 18.5 Å². The van der Waals surface area contributed by atoms with E-state index in [0.717, 1.165) is 0 Å². The quantitative estimate of drug-likeness (QED) is 0.552. The highest BCUT2D eigenvalue weighted by molar-refractivity contribution is 6.35. The minimum atomic E-state index is -1.23. The summed E-state index contributed by atoms with van der Waals surface area (Å²) in [5, 5.41) is 19.4. The van der Waals surface area contributed by atoms with Gasteiger partial charge in [0.05, 0.1) is 6.20 Å². The average molecular weight is 291 g/mol. The highest BCUT2D eigenvalue weighted by Gasteiger charge is 2.19. The molecule has 0 aliphatic rings. The van der Waals surface area contributed by atoms with E-state index in [2.05, 4.69) is 15.3 Å². The second kappa shape index (κ2) is 6.51. The molecule has 0 unspecified atom stereocenters. The number of aromatic nitrogens is 2. The molecule has 0 spiro atoms. The number of carboxylic acid groups (broad SMARTS) is 1. The molecule has 0 saturated heterocycles. The maximum absolute atomic E-state index is 10.7. The predicted molar refractivity (Wildman–Crippen MR) is 69.7 cm³/mol. The number of nitrogens with zero attached hydrogens (tertiary/aromatic N) is 2. The topological polar surface area (TPSA) is 99.0 Å². The number of carbonyl (C=O) groups is 1. The van der Waals surface area contributed by atoms with Crippen molar-refractivity contribution in [2.75, 3.05) is 11.9 Å². The molecule has 6 nitrogen and oxygen atoms in total. The Morgan fingerprint density at radius 2 is 2.28 bits per heavy atom. The van der Waals surface area contributed by atoms with Gasteiger partial charge < -0.3 is 10.4 Å². The van der Waals surface area contributed by atoms with Gasteiger partial charge in [-0.25, -0.2) is 9.78 Å². The number of hydrogen-bond donors (Lipinski definition) is 3. The van der Waals surface area contributed by atoms with Gasteiger partial charge in [0.15, 0.2) is 0 Å². The molecule has 8 heteroatoms. The average Bonchev–Trinajstić information content (AvgIpc) is 2.33. The Morgan fingerprint density at radius 3 is 2.83 bits per heavy atom. The van der Waals surface area contributed by atoms with Gasteiger partial charge in [0.1, 0.15) is 16.6 Å². The molecule has 0 saturated carbocycles. The Kier molecular flexibility index (Phi) is 5.30. The molecule has 3 N–H and O–H groups in total. The van der Waals surface area contributed by atoms with Crippen molar-refractivity contribution >= 4 is 40.7 Å². The highest BCUT2D eigenvalue weighted by atomic mass is 35.5. The van der Waals surface area contributed by atoms with Crippen molar-refractivity contribution in [3.8, 4) is 0 Å². The summed E-state index contributed by atoms with van der Waals surface area (Å²) in [6, 6.07) is 0. The molecule has 1 atom stereocenters. The van der Waals surface area contributed by atoms with Gasteiger partial charge in [0.2, 0.25) is 5.28 Å². The largest absolute Gasteiger partial charge is 0.477 e. The van der Waals surface area contributed by atoms with E-state index < -0.39 is 11.9 Å². The van der Waals surface area contributed by atoms with Crippen LogP contribution in [0.1, 0.15) is 13.3 Å². The fourth-order valence-electron chi connectivity index (χ4n) is 1.31. The lowest BCUT2D eigenvalue weighted by molar-refractivity contribution is -0.129. The van der Waals surface area contributed by atoms with E-state index >= 15 is 0 Å². The van der Waals surface area contributed by atoms with Crippen LogP contribution in [0.4, 0.5) is 5.82 Å². The van der Waals surface area contributed by atoms with E-state index in [-0.39, 0.29) is 22.6 Å². The van der Waals surface area contributed by atoms with Crippen LogP contribution < -0.4 is 5.32 Å². The van der Waals surface area contributed by atoms with Crippen molar-refractivity contribution in [1.29, 1.82) is 5.41 Å². The molecule has 0 amide bonds. The molecule has 0 aliphatic heterocycles. The molecular weight excluding hydrogens is 279 g/mol. The summed E-state index contributed by atoms with van der Waals surface area (Å²) in [5.41, 5.74) is -0.346. The lowest BCUT2D eigenvalue weighted by atomic mass is 10.0. The molecule has 18 heavy (non-hydrogen) atoms. The van der Waals surface area contributed by atoms with Crippen LogP contribution in [0, 0.1) is 11.3 Å². The Bertz CT molecular complexity index is 467. The summed E-state index contributed by atoms with van der Waals surface area (Å²) in [4.78, 5) is 18.3. The molecule has 1 aromatic heterocycles. The number of nitrogens with one attached hydrogen (secondary N) is 2. The second-order valence-corrected chi connectivity index (χ2v) is 4.29. The van der Waals surface area contributed by atoms with E-state index in [4.69, 9.17) is 33.7 Å². The third-order valence-electron chi connectivity index (χ3n) is 2.36. The van der Waals surface area contributed by atoms with Crippen LogP contribution in [0.25, 0.3) is 0 Å². The number of carboxylic acids is 1. The van der Waals surface area contributed by atoms with E-state index in [1.807, 2.05) is 0 Å². The summed E-state index contributed by atoms with van der Waals surface area (Å²) in [6.07, 6.45) is 1.87. The number of aliphatic carboxylic acids is 1. The van der Waals surface area contributed by atoms with Crippen LogP contribution in [0.2, 0.25) is 10.3 Å². The molecule has 0 bridgehead atoms. The lowest BCUT2D eigenvalue weighted by Crippen LogP contribution is -2.28. The number of halogens is 2. The SMILES string of the molecule is CC[C@@H](CNc1nc(Cl)ncc1Cl)C(=N)C(=O)O. The smallest absolute Gasteiger partial charge is 0.349 e. The van der Waals surface area contributed by atoms with Crippen molar-refractivity contribution in [3.63, 3.8) is 0 Å². The summed E-state index contributed by atoms with van der Waals surface area (Å²) in [5.74, 6) is -1.32. The minimum Gasteiger partial charge on any atom is -0.477 e. The van der Waals surface area contributed by atoms with Crippen LogP contribution >= 0.6 is 23.2 Å². The zero-order valence-electron chi connectivity index (χ0n) is 9.57. The van der Waals surface area contributed by atoms with Crippen molar-refractivity contribution in [1.82, 2.24) is 9.97 Å². The Hall–Kier alpha value is -1.40. The summed E-state index contributed by atoms with van der Waals surface area (Å²) in [7, 11) is 0. The number of hydrogen-bond acceptors (Lipinski definition) is 5. The molecule has 98 valence electrons. The van der Waals surface area contributed by atoms with Crippen molar-refractivity contribution < 1.29 is 9.90 Å². The van der Waals surface area contributed by atoms with Crippen molar-refractivity contribution in [2.45, 2.75) is 13.3 Å². The first-order valence-corrected chi connectivity index (χ1v) is 5.95. The van der Waals surface area contributed by atoms with Crippen LogP contribution in [-0.2, 0) is 4.79 Å². The Labute approximate surface area is 114 Å². The van der Waals surface area contributed by atoms with Crippen molar-refractivity contribution in [2.24, 2.45) is 5.92 Å². The van der Waals surface area contributed by atoms with Crippen LogP contribution in [-0.4, -0.2) is 33.3 Å². The molecule has 0 aromatic carbocycles. The summed E-state index contributed by atoms with van der Waals surface area (Å²) < 4.78 is 0. The molecule has 1 rings (SSSR count). The Morgan fingerprint density at radius 1 is 1.61 bits per heavy atom. The third-order valence-corrected chi connectivity index (χ3v) is 2.82. The first-order chi connectivity index (χ1) is 8.45. The van der Waals surface area contributed by atoms with Gasteiger partial charge in [0.25, 0.3) is 0 Å². The maximum Gasteiger partial charge on any atom is 0.349 e. The van der Waals surface area contributed by atoms with Gasteiger partial charge in [-0.15, -0.1) is 0 Å². The van der Waals surface area contributed by atoms with Gasteiger partial charge >= 0.3 is 5.97 Å². The van der Waals surface area contributed by atoms with E-state index in [0.29, 0.717) is 12.2 Å². The standard InChI is InChI=1S/C10H12Cl2N4O2/c1-2-5(7(13)9(17)18)3-14-8-6(11)4-15-10(12)16-8/h4-5,13H,2-3H2,1H3,(H,17,18)(H,14,15,16)/t5-/m0/s1. The molecule has 0 radical (unpaired) electrons. The molecular formula is C10H12Cl2N4O2. The molecule has 1 aromatic rings. The molecule has 0 fully saturated rings. The van der Waals surface area contributed by atoms with E-state index in [9.17, 15) is 4.79 Å². The maximum atomic E-state index is 10.7. The van der Waals surface area contributed by atoms with E-state index in [1.165, 1.54) is 6.20 Å². The second-order valence-electron chi connectivity index (χ2n) is 3.54. The van der Waals surface area contributed by atoms with Gasteiger partial charge in [0, 0.05) is 12.5 Å². The minimum absolute atomic E-state index is 0.0447. The third kappa shape index (κ3) is 3.82. The fraction of sp³-hybridized carbons (Fsp3) is 0.400. The van der Waals surface area contributed by atoms with Crippen LogP contribution in [0.3, 0.4) is 0 Å². The summed E-state index contributed by atoms with van der Waals surface area (Å²) >= 11 is 11.5. The monoisotopic (exact) mass is 290 g/mol. The lowest BCUT2D eigenvalue weighted by Gasteiger charge is -2.15. The highest BCUT2D eigenvalue weighted by Crippen LogP contribution is 2.20. The van der Waals surface area contributed by atoms with Gasteiger partial charge in [-0.05, 0) is 18.0 Å². The number of anilines is 1. The van der Waals surface area contributed by atoms with Crippen LogP contribution in [0.5, 0.6) is 0 Å².